The molecule has 15 heteroatoms. The monoisotopic (exact) mass is 850 g/mol. The maximum atomic E-state index is 15.5. The second-order valence-corrected chi connectivity index (χ2v) is 21.1. The van der Waals surface area contributed by atoms with Crippen LogP contribution in [0, 0.1) is 5.92 Å². The van der Waals surface area contributed by atoms with Gasteiger partial charge in [0.15, 0.2) is 13.9 Å². The Morgan fingerprint density at radius 3 is 2.03 bits per heavy atom. The van der Waals surface area contributed by atoms with Crippen LogP contribution < -0.4 is 14.9 Å². The summed E-state index contributed by atoms with van der Waals surface area (Å²) in [7, 11) is -3.01. The first-order valence-electron chi connectivity index (χ1n) is 21.3. The highest BCUT2D eigenvalue weighted by molar-refractivity contribution is 6.71. The summed E-state index contributed by atoms with van der Waals surface area (Å²) in [4.78, 5) is 56.1. The van der Waals surface area contributed by atoms with E-state index in [2.05, 4.69) is 10.3 Å². The number of aliphatic hydroxyl groups is 1. The van der Waals surface area contributed by atoms with Crippen molar-refractivity contribution < 1.29 is 29.0 Å². The number of fused-ring (bicyclic) bond motifs is 2. The van der Waals surface area contributed by atoms with Gasteiger partial charge in [-0.05, 0) is 66.5 Å². The van der Waals surface area contributed by atoms with E-state index in [1.54, 1.807) is 15.8 Å². The lowest BCUT2D eigenvalue weighted by molar-refractivity contribution is -0.146. The number of hydrazone groups is 2. The number of aliphatic hydroxyl groups excluding tert-OH is 1. The molecule has 0 saturated carbocycles. The lowest BCUT2D eigenvalue weighted by atomic mass is 9.82. The molecule has 5 heterocycles. The smallest absolute Gasteiger partial charge is 0.264 e. The van der Waals surface area contributed by atoms with Crippen LogP contribution in [0.15, 0.2) is 120 Å². The van der Waals surface area contributed by atoms with E-state index in [1.165, 1.54) is 10.0 Å². The maximum absolute atomic E-state index is 15.5. The zero-order valence-corrected chi connectivity index (χ0v) is 36.1. The highest BCUT2D eigenvalue weighted by Crippen LogP contribution is 2.60. The van der Waals surface area contributed by atoms with E-state index in [-0.39, 0.29) is 42.8 Å². The first-order valence-corrected chi connectivity index (χ1v) is 24.3. The lowest BCUT2D eigenvalue weighted by Crippen LogP contribution is -2.46. The van der Waals surface area contributed by atoms with E-state index in [9.17, 15) is 19.5 Å². The van der Waals surface area contributed by atoms with E-state index >= 15 is 4.79 Å². The number of amides is 3. The number of aryl methyl sites for hydroxylation is 1. The Kier molecular flexibility index (Phi) is 11.1. The van der Waals surface area contributed by atoms with Crippen LogP contribution in [-0.2, 0) is 44.2 Å². The molecule has 1 spiro atoms. The summed E-state index contributed by atoms with van der Waals surface area (Å²) >= 11 is 0. The van der Waals surface area contributed by atoms with E-state index in [0.717, 1.165) is 28.1 Å². The summed E-state index contributed by atoms with van der Waals surface area (Å²) < 4.78 is 8.87. The molecular formula is C47H50N8O6Si. The van der Waals surface area contributed by atoms with Crippen LogP contribution >= 0.6 is 0 Å². The molecule has 3 amide bonds. The van der Waals surface area contributed by atoms with Gasteiger partial charge in [0.1, 0.15) is 0 Å². The number of benzene rings is 4. The van der Waals surface area contributed by atoms with Gasteiger partial charge >= 0.3 is 0 Å². The summed E-state index contributed by atoms with van der Waals surface area (Å²) in [6.45, 7) is 6.31. The van der Waals surface area contributed by atoms with Gasteiger partial charge in [0.05, 0.1) is 46.8 Å². The van der Waals surface area contributed by atoms with Gasteiger partial charge in [-0.25, -0.2) is 10.0 Å². The first kappa shape index (κ1) is 41.2. The van der Waals surface area contributed by atoms with Crippen molar-refractivity contribution in [2.75, 3.05) is 21.5 Å². The van der Waals surface area contributed by atoms with E-state index in [0.29, 0.717) is 67.0 Å². The number of anilines is 3. The lowest BCUT2D eigenvalue weighted by Gasteiger charge is -2.32. The quantitative estimate of drug-likeness (QED) is 0.138. The van der Waals surface area contributed by atoms with Gasteiger partial charge < -0.3 is 19.5 Å². The van der Waals surface area contributed by atoms with Crippen LogP contribution in [0.2, 0.25) is 18.6 Å². The molecule has 0 bridgehead atoms. The van der Waals surface area contributed by atoms with Gasteiger partial charge in [-0.15, -0.1) is 5.10 Å². The van der Waals surface area contributed by atoms with Crippen molar-refractivity contribution >= 4 is 54.5 Å². The molecule has 1 saturated heterocycles. The van der Waals surface area contributed by atoms with E-state index in [4.69, 9.17) is 14.9 Å². The Morgan fingerprint density at radius 1 is 0.790 bits per heavy atom. The second kappa shape index (κ2) is 16.6. The van der Waals surface area contributed by atoms with Gasteiger partial charge in [0.2, 0.25) is 11.8 Å². The fraction of sp³-hybridized carbons (Fsp3) is 0.340. The minimum Gasteiger partial charge on any atom is -0.432 e. The summed E-state index contributed by atoms with van der Waals surface area (Å²) in [6.07, 6.45) is 3.76. The third kappa shape index (κ3) is 7.59. The Hall–Kier alpha value is -6.13. The molecular weight excluding hydrogens is 801 g/mol. The predicted molar refractivity (Wildman–Crippen MR) is 238 cm³/mol. The third-order valence-electron chi connectivity index (χ3n) is 12.6. The third-order valence-corrected chi connectivity index (χ3v) is 15.1. The normalized spacial score (nSPS) is 22.7. The SMILES string of the molecule is C[C@@H]1[C@@H]([Si](C)(C)O)[C@H](CCn2cc(CCO)nn2)O[C@@]12C(=O)N(Cc1cccc(N3N=C(c4ccccc4)CCC3=O)c1)c1ccc(N3N=C(c4ccccc4)CCC3=O)cc12. The molecule has 9 rings (SSSR count). The van der Waals surface area contributed by atoms with Crippen LogP contribution in [0.3, 0.4) is 0 Å². The summed E-state index contributed by atoms with van der Waals surface area (Å²) in [5.74, 6) is -1.00. The molecule has 2 N–H and O–H groups in total. The Balaban J connectivity index is 1.10. The standard InChI is InChI=1S/C47H50N8O6Si/c1-31-45(62(2,3)60)42(23-25-52-30-35(24-26-56)48-51-52)61-47(31)38-28-37(55-44(58)22-19-40(50-55)34-14-8-5-9-15-34)17-20-41(38)53(46(47)59)29-32-11-10-16-36(27-32)54-43(57)21-18-39(49-54)33-12-6-4-7-13-33/h4-17,20,27-28,30-31,42,45,56,60H,18-19,21-26,29H2,1-3H3/t31-,42+,45-,47+/m1/s1. The molecule has 4 aliphatic heterocycles. The molecule has 5 aromatic rings. The molecule has 4 aliphatic rings. The molecule has 62 heavy (non-hydrogen) atoms. The van der Waals surface area contributed by atoms with Gasteiger partial charge in [-0.1, -0.05) is 84.9 Å². The van der Waals surface area contributed by atoms with Crippen LogP contribution in [-0.4, -0.2) is 75.1 Å². The summed E-state index contributed by atoms with van der Waals surface area (Å²) in [6, 6.07) is 32.7. The number of carbonyl (C=O) groups excluding carboxylic acids is 3. The molecule has 0 radical (unpaired) electrons. The topological polar surface area (TPSA) is 166 Å². The number of ether oxygens (including phenoxy) is 1. The van der Waals surface area contributed by atoms with Crippen molar-refractivity contribution in [3.63, 3.8) is 0 Å². The minimum atomic E-state index is -3.01. The van der Waals surface area contributed by atoms with Crippen LogP contribution in [0.25, 0.3) is 0 Å². The number of aromatic nitrogens is 3. The molecule has 0 unspecified atom stereocenters. The van der Waals surface area contributed by atoms with Crippen LogP contribution in [0.5, 0.6) is 0 Å². The Morgan fingerprint density at radius 2 is 1.42 bits per heavy atom. The van der Waals surface area contributed by atoms with Crippen molar-refractivity contribution in [1.82, 2.24) is 15.0 Å². The van der Waals surface area contributed by atoms with E-state index < -0.39 is 25.9 Å². The highest BCUT2D eigenvalue weighted by atomic mass is 28.4. The van der Waals surface area contributed by atoms with Gasteiger partial charge in [-0.2, -0.15) is 10.2 Å². The number of carbonyl (C=O) groups is 3. The predicted octanol–water partition coefficient (Wildman–Crippen LogP) is 6.31. The van der Waals surface area contributed by atoms with Crippen LogP contribution in [0.4, 0.5) is 17.1 Å². The summed E-state index contributed by atoms with van der Waals surface area (Å²) in [5.41, 5.74) is 5.46. The largest absolute Gasteiger partial charge is 0.432 e. The van der Waals surface area contributed by atoms with Gasteiger partial charge in [0, 0.05) is 68.5 Å². The number of nitrogens with zero attached hydrogens (tertiary/aromatic N) is 8. The first-order chi connectivity index (χ1) is 29.9. The molecule has 1 aromatic heterocycles. The molecule has 4 aromatic carbocycles. The summed E-state index contributed by atoms with van der Waals surface area (Å²) in [5, 5.41) is 30.4. The molecule has 14 nitrogen and oxygen atoms in total. The zero-order valence-electron chi connectivity index (χ0n) is 35.1. The Labute approximate surface area is 361 Å². The van der Waals surface area contributed by atoms with Crippen molar-refractivity contribution in [3.8, 4) is 0 Å². The van der Waals surface area contributed by atoms with E-state index in [1.807, 2.05) is 123 Å². The fourth-order valence-corrected chi connectivity index (χ4v) is 12.3. The number of hydrogen-bond acceptors (Lipinski definition) is 10. The minimum absolute atomic E-state index is 0.0391. The second-order valence-electron chi connectivity index (χ2n) is 17.1. The zero-order chi connectivity index (χ0) is 43.2. The number of hydrogen-bond donors (Lipinski definition) is 2. The van der Waals surface area contributed by atoms with Crippen molar-refractivity contribution in [2.45, 2.75) is 88.9 Å². The maximum Gasteiger partial charge on any atom is 0.264 e. The Bertz CT molecular complexity index is 2580. The molecule has 0 aliphatic carbocycles. The van der Waals surface area contributed by atoms with Gasteiger partial charge in [-0.3, -0.25) is 19.1 Å². The average Bonchev–Trinajstić information content (AvgIpc) is 3.93. The van der Waals surface area contributed by atoms with Crippen molar-refractivity contribution in [3.05, 3.63) is 137 Å². The van der Waals surface area contributed by atoms with Gasteiger partial charge in [0.25, 0.3) is 5.91 Å². The van der Waals surface area contributed by atoms with Crippen molar-refractivity contribution in [1.29, 1.82) is 0 Å². The molecule has 318 valence electrons. The molecule has 4 atom stereocenters. The molecule has 1 fully saturated rings. The highest BCUT2D eigenvalue weighted by Gasteiger charge is 2.66. The average molecular weight is 851 g/mol. The van der Waals surface area contributed by atoms with Crippen LogP contribution in [0.1, 0.15) is 67.0 Å². The van der Waals surface area contributed by atoms with Crippen molar-refractivity contribution in [2.24, 2.45) is 16.1 Å². The fourth-order valence-electron chi connectivity index (χ4n) is 9.71. The number of rotatable bonds is 12.